The molecule has 0 bridgehead atoms. The zero-order valence-corrected chi connectivity index (χ0v) is 14.7. The lowest BCUT2D eigenvalue weighted by atomic mass is 10.1. The van der Waals surface area contributed by atoms with Gasteiger partial charge < -0.3 is 5.32 Å². The maximum atomic E-state index is 12.0. The van der Waals surface area contributed by atoms with Crippen molar-refractivity contribution in [2.75, 3.05) is 16.9 Å². The Morgan fingerprint density at radius 2 is 2.36 bits per heavy atom. The zero-order chi connectivity index (χ0) is 14.7. The molecule has 1 aliphatic rings. The summed E-state index contributed by atoms with van der Waals surface area (Å²) in [4.78, 5) is 17.4. The molecule has 0 aliphatic carbocycles. The second-order valence-corrected chi connectivity index (χ2v) is 7.28. The van der Waals surface area contributed by atoms with Crippen molar-refractivity contribution in [3.05, 3.63) is 45.9 Å². The molecular weight excluding hydrogens is 361 g/mol. The number of benzene rings is 1. The molecule has 1 aromatic heterocycles. The molecular formula is C14H15Cl2N3OS2. The van der Waals surface area contributed by atoms with Gasteiger partial charge in [0.2, 0.25) is 5.91 Å². The third-order valence-corrected chi connectivity index (χ3v) is 5.17. The first kappa shape index (κ1) is 17.6. The number of hydrogen-bond acceptors (Lipinski definition) is 5. The summed E-state index contributed by atoms with van der Waals surface area (Å²) < 4.78 is 0. The predicted molar refractivity (Wildman–Crippen MR) is 96.5 cm³/mol. The first-order valence-corrected chi connectivity index (χ1v) is 8.87. The number of thioether (sulfide) groups is 1. The maximum absolute atomic E-state index is 12.0. The standard InChI is InChI=1S/C14H14ClN3OS2.ClH/c15-10-3-1-2-9(4-10)5-11-6-16-14(21-11)18-13(19)12-7-20-8-17-12;/h1-4,6,12,17H,5,7-8H2,(H,16,18,19);1H. The average Bonchev–Trinajstić information content (AvgIpc) is 3.10. The first-order chi connectivity index (χ1) is 10.2. The van der Waals surface area contributed by atoms with Crippen LogP contribution in [-0.4, -0.2) is 28.6 Å². The van der Waals surface area contributed by atoms with E-state index in [1.54, 1.807) is 18.0 Å². The van der Waals surface area contributed by atoms with Gasteiger partial charge in [0.05, 0.1) is 6.04 Å². The van der Waals surface area contributed by atoms with Crippen LogP contribution in [0.5, 0.6) is 0 Å². The van der Waals surface area contributed by atoms with Gasteiger partial charge in [0.25, 0.3) is 0 Å². The van der Waals surface area contributed by atoms with E-state index in [0.29, 0.717) is 5.13 Å². The Balaban J connectivity index is 0.00000176. The second kappa shape index (κ2) is 8.17. The predicted octanol–water partition coefficient (Wildman–Crippen LogP) is 3.41. The smallest absolute Gasteiger partial charge is 0.244 e. The number of halogens is 2. The van der Waals surface area contributed by atoms with Crippen LogP contribution >= 0.6 is 47.1 Å². The quantitative estimate of drug-likeness (QED) is 0.859. The van der Waals surface area contributed by atoms with E-state index in [4.69, 9.17) is 11.6 Å². The monoisotopic (exact) mass is 375 g/mol. The highest BCUT2D eigenvalue weighted by Gasteiger charge is 2.23. The highest BCUT2D eigenvalue weighted by atomic mass is 35.5. The first-order valence-electron chi connectivity index (χ1n) is 6.52. The number of nitrogens with one attached hydrogen (secondary N) is 2. The van der Waals surface area contributed by atoms with E-state index in [-0.39, 0.29) is 24.4 Å². The molecule has 22 heavy (non-hydrogen) atoms. The Bertz CT molecular complexity index is 645. The molecule has 2 aromatic rings. The minimum atomic E-state index is -0.115. The number of anilines is 1. The van der Waals surface area contributed by atoms with Gasteiger partial charge in [-0.25, -0.2) is 4.98 Å². The van der Waals surface area contributed by atoms with Gasteiger partial charge in [-0.15, -0.1) is 35.5 Å². The molecule has 2 heterocycles. The highest BCUT2D eigenvalue weighted by molar-refractivity contribution is 7.99. The van der Waals surface area contributed by atoms with Crippen molar-refractivity contribution >= 4 is 58.1 Å². The number of hydrogen-bond donors (Lipinski definition) is 2. The van der Waals surface area contributed by atoms with E-state index >= 15 is 0 Å². The van der Waals surface area contributed by atoms with E-state index in [0.717, 1.165) is 33.5 Å². The van der Waals surface area contributed by atoms with Crippen LogP contribution < -0.4 is 10.6 Å². The van der Waals surface area contributed by atoms with Gasteiger partial charge in [-0.2, -0.15) is 0 Å². The van der Waals surface area contributed by atoms with Crippen molar-refractivity contribution in [2.24, 2.45) is 0 Å². The molecule has 1 aliphatic heterocycles. The number of nitrogens with zero attached hydrogens (tertiary/aromatic N) is 1. The van der Waals surface area contributed by atoms with E-state index in [1.165, 1.54) is 11.3 Å². The van der Waals surface area contributed by atoms with Crippen molar-refractivity contribution in [3.8, 4) is 0 Å². The van der Waals surface area contributed by atoms with Crippen LogP contribution in [0.1, 0.15) is 10.4 Å². The van der Waals surface area contributed by atoms with Gasteiger partial charge in [-0.05, 0) is 17.7 Å². The average molecular weight is 376 g/mol. The van der Waals surface area contributed by atoms with Crippen LogP contribution in [0.25, 0.3) is 0 Å². The number of aromatic nitrogens is 1. The highest BCUT2D eigenvalue weighted by Crippen LogP contribution is 2.23. The van der Waals surface area contributed by atoms with Crippen molar-refractivity contribution < 1.29 is 4.79 Å². The molecule has 8 heteroatoms. The molecule has 2 N–H and O–H groups in total. The Morgan fingerprint density at radius 1 is 1.50 bits per heavy atom. The zero-order valence-electron chi connectivity index (χ0n) is 11.5. The summed E-state index contributed by atoms with van der Waals surface area (Å²) in [6.07, 6.45) is 2.57. The molecule has 1 fully saturated rings. The molecule has 3 rings (SSSR count). The van der Waals surface area contributed by atoms with Gasteiger partial charge in [-0.1, -0.05) is 23.7 Å². The molecule has 1 saturated heterocycles. The van der Waals surface area contributed by atoms with E-state index < -0.39 is 0 Å². The lowest BCUT2D eigenvalue weighted by molar-refractivity contribution is -0.117. The summed E-state index contributed by atoms with van der Waals surface area (Å²) in [6, 6.07) is 7.65. The summed E-state index contributed by atoms with van der Waals surface area (Å²) in [5.74, 6) is 1.63. The summed E-state index contributed by atoms with van der Waals surface area (Å²) in [5, 5.41) is 7.39. The van der Waals surface area contributed by atoms with Crippen LogP contribution in [0.15, 0.2) is 30.5 Å². The molecule has 1 amide bonds. The molecule has 1 unspecified atom stereocenters. The van der Waals surface area contributed by atoms with Gasteiger partial charge in [0, 0.05) is 34.1 Å². The minimum absolute atomic E-state index is 0. The van der Waals surface area contributed by atoms with Crippen molar-refractivity contribution in [1.82, 2.24) is 10.3 Å². The van der Waals surface area contributed by atoms with E-state index in [1.807, 2.05) is 24.3 Å². The number of amides is 1. The van der Waals surface area contributed by atoms with Crippen LogP contribution in [0.4, 0.5) is 5.13 Å². The van der Waals surface area contributed by atoms with Crippen LogP contribution in [0.2, 0.25) is 5.02 Å². The second-order valence-electron chi connectivity index (χ2n) is 4.70. The number of thiazole rings is 1. The fourth-order valence-electron chi connectivity index (χ4n) is 2.05. The minimum Gasteiger partial charge on any atom is -0.301 e. The third kappa shape index (κ3) is 4.60. The molecule has 4 nitrogen and oxygen atoms in total. The maximum Gasteiger partial charge on any atom is 0.244 e. The molecule has 0 spiro atoms. The number of carbonyl (C=O) groups excluding carboxylic acids is 1. The van der Waals surface area contributed by atoms with Crippen molar-refractivity contribution in [1.29, 1.82) is 0 Å². The summed E-state index contributed by atoms with van der Waals surface area (Å²) in [5.41, 5.74) is 1.14. The van der Waals surface area contributed by atoms with E-state index in [2.05, 4.69) is 15.6 Å². The summed E-state index contributed by atoms with van der Waals surface area (Å²) >= 11 is 9.21. The van der Waals surface area contributed by atoms with Gasteiger partial charge in [-0.3, -0.25) is 10.1 Å². The van der Waals surface area contributed by atoms with Gasteiger partial charge in [0.1, 0.15) is 0 Å². The Labute approximate surface area is 148 Å². The molecule has 1 atom stereocenters. The van der Waals surface area contributed by atoms with Gasteiger partial charge in [0.15, 0.2) is 5.13 Å². The van der Waals surface area contributed by atoms with E-state index in [9.17, 15) is 4.79 Å². The Hall–Kier alpha value is -0.790. The number of carbonyl (C=O) groups is 1. The molecule has 0 radical (unpaired) electrons. The SMILES string of the molecule is Cl.O=C(Nc1ncc(Cc2cccc(Cl)c2)s1)C1CSCN1. The third-order valence-electron chi connectivity index (χ3n) is 3.08. The van der Waals surface area contributed by atoms with Crippen LogP contribution in [0, 0.1) is 0 Å². The summed E-state index contributed by atoms with van der Waals surface area (Å²) in [7, 11) is 0. The van der Waals surface area contributed by atoms with Crippen molar-refractivity contribution in [2.45, 2.75) is 12.5 Å². The van der Waals surface area contributed by atoms with Crippen molar-refractivity contribution in [3.63, 3.8) is 0 Å². The molecule has 0 saturated carbocycles. The normalized spacial score (nSPS) is 17.0. The molecule has 118 valence electrons. The molecule has 1 aromatic carbocycles. The number of rotatable bonds is 4. The summed E-state index contributed by atoms with van der Waals surface area (Å²) in [6.45, 7) is 0. The lowest BCUT2D eigenvalue weighted by Gasteiger charge is -2.07. The lowest BCUT2D eigenvalue weighted by Crippen LogP contribution is -2.37. The van der Waals surface area contributed by atoms with Gasteiger partial charge >= 0.3 is 0 Å². The van der Waals surface area contributed by atoms with Crippen LogP contribution in [0.3, 0.4) is 0 Å². The fraction of sp³-hybridized carbons (Fsp3) is 0.286. The Kier molecular flexibility index (Phi) is 6.52. The topological polar surface area (TPSA) is 54.0 Å². The fourth-order valence-corrected chi connectivity index (χ4v) is 4.06. The largest absolute Gasteiger partial charge is 0.301 e. The Morgan fingerprint density at radius 3 is 3.09 bits per heavy atom. The van der Waals surface area contributed by atoms with Crippen LogP contribution in [-0.2, 0) is 11.2 Å².